The predicted octanol–water partition coefficient (Wildman–Crippen LogP) is 11.2. The lowest BCUT2D eigenvalue weighted by atomic mass is 9.84. The van der Waals surface area contributed by atoms with E-state index in [1.165, 1.54) is 49.7 Å². The molecule has 0 aromatic heterocycles. The van der Waals surface area contributed by atoms with E-state index in [0.29, 0.717) is 33.5 Å². The maximum absolute atomic E-state index is 13.7. The van der Waals surface area contributed by atoms with Gasteiger partial charge in [0, 0.05) is 21.3 Å². The Bertz CT molecular complexity index is 1210. The molecule has 1 aromatic carbocycles. The summed E-state index contributed by atoms with van der Waals surface area (Å²) in [6.45, 7) is 9.39. The molecular formula is C37H51Cl2F2NO2. The maximum Gasteiger partial charge on any atom is 0.291 e. The first-order valence-corrected chi connectivity index (χ1v) is 17.2. The van der Waals surface area contributed by atoms with E-state index < -0.39 is 12.0 Å². The fourth-order valence-electron chi connectivity index (χ4n) is 6.65. The Morgan fingerprint density at radius 3 is 2.52 bits per heavy atom. The number of carbonyl (C=O) groups is 1. The summed E-state index contributed by atoms with van der Waals surface area (Å²) < 4.78 is 27.4. The number of hydrogen-bond acceptors (Lipinski definition) is 2. The molecule has 0 radical (unpaired) electrons. The number of halogens is 4. The van der Waals surface area contributed by atoms with Gasteiger partial charge in [-0.3, -0.25) is 4.79 Å². The van der Waals surface area contributed by atoms with Gasteiger partial charge in [-0.25, -0.2) is 0 Å². The Labute approximate surface area is 273 Å². The van der Waals surface area contributed by atoms with Crippen molar-refractivity contribution < 1.29 is 18.7 Å². The quantitative estimate of drug-likeness (QED) is 0.155. The molecule has 0 aliphatic heterocycles. The Hall–Kier alpha value is -1.95. The highest BCUT2D eigenvalue weighted by atomic mass is 35.5. The number of aliphatic hydroxyl groups is 1. The van der Waals surface area contributed by atoms with Crippen LogP contribution in [-0.2, 0) is 0 Å². The number of rotatable bonds is 14. The average molecular weight is 651 g/mol. The van der Waals surface area contributed by atoms with Crippen LogP contribution in [0.4, 0.5) is 8.78 Å². The average Bonchev–Trinajstić information content (AvgIpc) is 3.21. The first kappa shape index (κ1) is 36.5. The minimum atomic E-state index is -3.23. The number of nitrogens with one attached hydrogen (secondary N) is 1. The molecular weight excluding hydrogens is 599 g/mol. The van der Waals surface area contributed by atoms with E-state index in [1.807, 2.05) is 19.1 Å². The lowest BCUT2D eigenvalue weighted by molar-refractivity contribution is -0.0804. The molecule has 0 saturated heterocycles. The van der Waals surface area contributed by atoms with Gasteiger partial charge in [0.2, 0.25) is 0 Å². The molecule has 2 aliphatic rings. The standard InChI is InChI=1S/C37H51Cl2F2NO2/c1-5-37(40,41)35(43)22-27(4)25(2)10-6-12-28-13-8-14-29(19-18-28)20-21-33-26(3)11-7-16-32(39)24-34(33)42-36(44)30-15-9-17-31(38)23-30/h5,9,15-17,23-25,27-29,35,43H,1,6-8,10-14,18-22H2,2-4H3,(H,42,44). The van der Waals surface area contributed by atoms with Crippen LogP contribution in [0.2, 0.25) is 5.02 Å². The molecule has 5 unspecified atom stereocenters. The van der Waals surface area contributed by atoms with Crippen molar-refractivity contribution in [2.24, 2.45) is 23.7 Å². The molecule has 2 aliphatic carbocycles. The van der Waals surface area contributed by atoms with Crippen molar-refractivity contribution in [3.8, 4) is 0 Å². The fraction of sp³-hybridized carbons (Fsp3) is 0.595. The van der Waals surface area contributed by atoms with E-state index in [2.05, 4.69) is 25.7 Å². The van der Waals surface area contributed by atoms with Crippen LogP contribution < -0.4 is 5.32 Å². The zero-order valence-electron chi connectivity index (χ0n) is 26.7. The number of hydrogen-bond donors (Lipinski definition) is 2. The lowest BCUT2D eigenvalue weighted by Crippen LogP contribution is -2.33. The molecule has 3 rings (SSSR count). The highest BCUT2D eigenvalue weighted by molar-refractivity contribution is 6.31. The van der Waals surface area contributed by atoms with Crippen molar-refractivity contribution in [2.75, 3.05) is 0 Å². The number of aliphatic hydroxyl groups excluding tert-OH is 1. The van der Waals surface area contributed by atoms with Crippen LogP contribution >= 0.6 is 23.2 Å². The number of amides is 1. The van der Waals surface area contributed by atoms with Crippen molar-refractivity contribution >= 4 is 29.1 Å². The Kier molecular flexibility index (Phi) is 14.7. The van der Waals surface area contributed by atoms with Crippen molar-refractivity contribution in [1.29, 1.82) is 0 Å². The number of alkyl halides is 2. The van der Waals surface area contributed by atoms with E-state index in [4.69, 9.17) is 23.2 Å². The third-order valence-corrected chi connectivity index (χ3v) is 10.4. The second kappa shape index (κ2) is 17.7. The van der Waals surface area contributed by atoms with Gasteiger partial charge in [0.1, 0.15) is 6.10 Å². The predicted molar refractivity (Wildman–Crippen MR) is 180 cm³/mol. The molecule has 3 nitrogen and oxygen atoms in total. The van der Waals surface area contributed by atoms with Gasteiger partial charge in [0.05, 0.1) is 0 Å². The molecule has 244 valence electrons. The van der Waals surface area contributed by atoms with E-state index in [-0.39, 0.29) is 24.2 Å². The van der Waals surface area contributed by atoms with Crippen LogP contribution in [0.3, 0.4) is 0 Å². The highest BCUT2D eigenvalue weighted by Crippen LogP contribution is 2.36. The molecule has 0 spiro atoms. The molecule has 1 saturated carbocycles. The summed E-state index contributed by atoms with van der Waals surface area (Å²) >= 11 is 12.6. The van der Waals surface area contributed by atoms with Gasteiger partial charge in [-0.15, -0.1) is 0 Å². The molecule has 7 heteroatoms. The first-order chi connectivity index (χ1) is 20.9. The van der Waals surface area contributed by atoms with Crippen LogP contribution in [0.5, 0.6) is 0 Å². The van der Waals surface area contributed by atoms with Crippen LogP contribution in [0, 0.1) is 23.7 Å². The smallest absolute Gasteiger partial charge is 0.291 e. The van der Waals surface area contributed by atoms with Gasteiger partial charge < -0.3 is 10.4 Å². The lowest BCUT2D eigenvalue weighted by Gasteiger charge is -2.26. The molecule has 0 bridgehead atoms. The minimum Gasteiger partial charge on any atom is -0.386 e. The normalized spacial score (nSPS) is 22.1. The van der Waals surface area contributed by atoms with Gasteiger partial charge in [0.25, 0.3) is 11.8 Å². The number of allylic oxidation sites excluding steroid dienone is 5. The third-order valence-electron chi connectivity index (χ3n) is 9.88. The zero-order chi connectivity index (χ0) is 32.3. The van der Waals surface area contributed by atoms with Gasteiger partial charge in [-0.2, -0.15) is 8.78 Å². The van der Waals surface area contributed by atoms with Crippen molar-refractivity contribution in [2.45, 2.75) is 116 Å². The van der Waals surface area contributed by atoms with E-state index in [1.54, 1.807) is 24.3 Å². The van der Waals surface area contributed by atoms with Gasteiger partial charge in [-0.1, -0.05) is 113 Å². The zero-order valence-corrected chi connectivity index (χ0v) is 28.2. The van der Waals surface area contributed by atoms with Crippen LogP contribution in [0.15, 0.2) is 70.9 Å². The van der Waals surface area contributed by atoms with E-state index in [0.717, 1.165) is 44.2 Å². The Morgan fingerprint density at radius 1 is 1.14 bits per heavy atom. The van der Waals surface area contributed by atoms with Crippen LogP contribution in [-0.4, -0.2) is 23.0 Å². The van der Waals surface area contributed by atoms with Crippen molar-refractivity contribution in [1.82, 2.24) is 5.32 Å². The highest BCUT2D eigenvalue weighted by Gasteiger charge is 2.36. The topological polar surface area (TPSA) is 49.3 Å². The SMILES string of the molecule is C=CC(F)(F)C(O)CC(C)C(C)CCCC1CCCC(CCC2=C(C)CCC=C(Cl)C=C2NC(=O)c2cccc(Cl)c2)CC1. The molecule has 1 amide bonds. The Balaban J connectivity index is 1.51. The second-order valence-electron chi connectivity index (χ2n) is 13.2. The van der Waals surface area contributed by atoms with Crippen LogP contribution in [0.1, 0.15) is 115 Å². The van der Waals surface area contributed by atoms with E-state index in [9.17, 15) is 18.7 Å². The minimum absolute atomic E-state index is 0.0278. The molecule has 1 fully saturated rings. The summed E-state index contributed by atoms with van der Waals surface area (Å²) in [6, 6.07) is 6.97. The summed E-state index contributed by atoms with van der Waals surface area (Å²) in [7, 11) is 0. The van der Waals surface area contributed by atoms with Gasteiger partial charge in [0.15, 0.2) is 0 Å². The van der Waals surface area contributed by atoms with E-state index >= 15 is 0 Å². The van der Waals surface area contributed by atoms with Crippen LogP contribution in [0.25, 0.3) is 0 Å². The van der Waals surface area contributed by atoms with Gasteiger partial charge in [-0.05, 0) is 98.6 Å². The summed E-state index contributed by atoms with van der Waals surface area (Å²) in [4.78, 5) is 13.1. The summed E-state index contributed by atoms with van der Waals surface area (Å²) in [6.07, 6.45) is 16.0. The summed E-state index contributed by atoms with van der Waals surface area (Å²) in [5, 5.41) is 14.2. The largest absolute Gasteiger partial charge is 0.386 e. The number of benzene rings is 1. The maximum atomic E-state index is 13.7. The van der Waals surface area contributed by atoms with Crippen molar-refractivity contribution in [3.05, 3.63) is 81.5 Å². The summed E-state index contributed by atoms with van der Waals surface area (Å²) in [5.41, 5.74) is 3.78. The Morgan fingerprint density at radius 2 is 1.84 bits per heavy atom. The first-order valence-electron chi connectivity index (χ1n) is 16.4. The molecule has 44 heavy (non-hydrogen) atoms. The molecule has 0 heterocycles. The van der Waals surface area contributed by atoms with Crippen molar-refractivity contribution in [3.63, 3.8) is 0 Å². The summed E-state index contributed by atoms with van der Waals surface area (Å²) in [5.74, 6) is -1.76. The third kappa shape index (κ3) is 11.4. The second-order valence-corrected chi connectivity index (χ2v) is 14.1. The fourth-order valence-corrected chi connectivity index (χ4v) is 7.06. The molecule has 5 atom stereocenters. The molecule has 2 N–H and O–H groups in total. The van der Waals surface area contributed by atoms with Gasteiger partial charge >= 0.3 is 0 Å². The number of carbonyl (C=O) groups excluding carboxylic acids is 1. The molecule has 1 aromatic rings. The monoisotopic (exact) mass is 649 g/mol.